The molecular formula is C21H23N3O6. The highest BCUT2D eigenvalue weighted by atomic mass is 16.6. The number of benzene rings is 2. The van der Waals surface area contributed by atoms with Gasteiger partial charge in [-0.1, -0.05) is 0 Å². The summed E-state index contributed by atoms with van der Waals surface area (Å²) in [5, 5.41) is 5.62. The lowest BCUT2D eigenvalue weighted by atomic mass is 10.2. The van der Waals surface area contributed by atoms with Crippen LogP contribution in [0.25, 0.3) is 0 Å². The van der Waals surface area contributed by atoms with Gasteiger partial charge >= 0.3 is 6.03 Å². The van der Waals surface area contributed by atoms with Crippen molar-refractivity contribution in [2.75, 3.05) is 44.2 Å². The number of hydrogen-bond donors (Lipinski definition) is 2. The number of amides is 3. The van der Waals surface area contributed by atoms with E-state index in [0.717, 1.165) is 0 Å². The maximum atomic E-state index is 12.5. The van der Waals surface area contributed by atoms with E-state index in [9.17, 15) is 9.59 Å². The fourth-order valence-corrected chi connectivity index (χ4v) is 3.52. The van der Waals surface area contributed by atoms with E-state index in [1.807, 2.05) is 0 Å². The summed E-state index contributed by atoms with van der Waals surface area (Å²) in [5.41, 5.74) is 1.27. The summed E-state index contributed by atoms with van der Waals surface area (Å²) >= 11 is 0. The van der Waals surface area contributed by atoms with E-state index in [-0.39, 0.29) is 18.4 Å². The minimum absolute atomic E-state index is 0.0770. The minimum Gasteiger partial charge on any atom is -0.493 e. The molecule has 9 nitrogen and oxygen atoms in total. The second kappa shape index (κ2) is 8.40. The van der Waals surface area contributed by atoms with Crippen LogP contribution < -0.4 is 34.5 Å². The molecule has 0 aliphatic carbocycles. The molecule has 2 aliphatic heterocycles. The molecule has 0 aromatic heterocycles. The zero-order valence-corrected chi connectivity index (χ0v) is 16.8. The summed E-state index contributed by atoms with van der Waals surface area (Å²) in [7, 11) is 3.10. The summed E-state index contributed by atoms with van der Waals surface area (Å²) in [5.74, 6) is 2.29. The molecule has 2 N–H and O–H groups in total. The van der Waals surface area contributed by atoms with Crippen LogP contribution in [0.5, 0.6) is 23.0 Å². The highest BCUT2D eigenvalue weighted by molar-refractivity contribution is 5.98. The predicted octanol–water partition coefficient (Wildman–Crippen LogP) is 2.40. The lowest BCUT2D eigenvalue weighted by molar-refractivity contribution is -0.117. The lowest BCUT2D eigenvalue weighted by Gasteiger charge is -2.20. The van der Waals surface area contributed by atoms with Crippen LogP contribution >= 0.6 is 0 Å². The Labute approximate surface area is 173 Å². The zero-order chi connectivity index (χ0) is 21.1. The summed E-state index contributed by atoms with van der Waals surface area (Å²) in [4.78, 5) is 26.5. The average Bonchev–Trinajstić information content (AvgIpc) is 3.12. The first-order valence-corrected chi connectivity index (χ1v) is 9.57. The molecule has 2 aromatic carbocycles. The maximum absolute atomic E-state index is 12.5. The molecule has 1 atom stereocenters. The first-order chi connectivity index (χ1) is 14.6. The Balaban J connectivity index is 1.38. The van der Waals surface area contributed by atoms with Crippen LogP contribution in [0.2, 0.25) is 0 Å². The number of anilines is 2. The molecule has 0 bridgehead atoms. The van der Waals surface area contributed by atoms with Crippen molar-refractivity contribution in [2.45, 2.75) is 12.5 Å². The molecule has 2 aromatic rings. The number of rotatable bonds is 5. The van der Waals surface area contributed by atoms with Gasteiger partial charge in [-0.2, -0.15) is 0 Å². The minimum atomic E-state index is -0.390. The van der Waals surface area contributed by atoms with Gasteiger partial charge in [-0.25, -0.2) is 4.79 Å². The maximum Gasteiger partial charge on any atom is 0.319 e. The molecule has 1 saturated heterocycles. The number of ether oxygens (including phenoxy) is 4. The van der Waals surface area contributed by atoms with E-state index in [2.05, 4.69) is 10.6 Å². The van der Waals surface area contributed by atoms with Crippen molar-refractivity contribution >= 4 is 23.3 Å². The smallest absolute Gasteiger partial charge is 0.319 e. The molecule has 0 spiro atoms. The summed E-state index contributed by atoms with van der Waals surface area (Å²) in [6.45, 7) is 1.34. The Hall–Kier alpha value is -3.62. The quantitative estimate of drug-likeness (QED) is 0.781. The van der Waals surface area contributed by atoms with Crippen molar-refractivity contribution in [2.24, 2.45) is 0 Å². The highest BCUT2D eigenvalue weighted by Gasteiger charge is 2.32. The van der Waals surface area contributed by atoms with Crippen LogP contribution in [-0.4, -0.2) is 52.0 Å². The van der Waals surface area contributed by atoms with Gasteiger partial charge in [0, 0.05) is 36.5 Å². The average molecular weight is 413 g/mol. The number of nitrogens with one attached hydrogen (secondary N) is 2. The van der Waals surface area contributed by atoms with Gasteiger partial charge in [-0.3, -0.25) is 4.79 Å². The van der Waals surface area contributed by atoms with Gasteiger partial charge in [-0.15, -0.1) is 0 Å². The van der Waals surface area contributed by atoms with Crippen LogP contribution in [0.1, 0.15) is 6.42 Å². The van der Waals surface area contributed by atoms with Crippen molar-refractivity contribution in [1.82, 2.24) is 5.32 Å². The lowest BCUT2D eigenvalue weighted by Crippen LogP contribution is -2.39. The fourth-order valence-electron chi connectivity index (χ4n) is 3.52. The van der Waals surface area contributed by atoms with Gasteiger partial charge < -0.3 is 34.5 Å². The van der Waals surface area contributed by atoms with Crippen LogP contribution in [0.4, 0.5) is 16.2 Å². The predicted molar refractivity (Wildman–Crippen MR) is 110 cm³/mol. The first-order valence-electron chi connectivity index (χ1n) is 9.57. The Kier molecular flexibility index (Phi) is 5.51. The standard InChI is InChI=1S/C21H23N3O6/c1-27-16-6-4-15(11-18(16)28-2)24-12-14(10-20(24)25)23-21(26)22-13-3-5-17-19(9-13)30-8-7-29-17/h3-6,9,11,14H,7-8,10,12H2,1-2H3,(H2,22,23,26)/t14-/m0/s1. The monoisotopic (exact) mass is 413 g/mol. The van der Waals surface area contributed by atoms with Gasteiger partial charge in [0.05, 0.1) is 20.3 Å². The third-order valence-corrected chi connectivity index (χ3v) is 4.94. The Morgan fingerprint density at radius 3 is 2.57 bits per heavy atom. The van der Waals surface area contributed by atoms with Gasteiger partial charge in [-0.05, 0) is 24.3 Å². The summed E-state index contributed by atoms with van der Waals surface area (Å²) in [6, 6.07) is 9.78. The third-order valence-electron chi connectivity index (χ3n) is 4.94. The first kappa shape index (κ1) is 19.7. The zero-order valence-electron chi connectivity index (χ0n) is 16.8. The summed E-state index contributed by atoms with van der Waals surface area (Å²) in [6.07, 6.45) is 0.211. The molecule has 2 heterocycles. The van der Waals surface area contributed by atoms with E-state index in [1.54, 1.807) is 55.5 Å². The molecule has 3 amide bonds. The molecule has 158 valence electrons. The Morgan fingerprint density at radius 1 is 1.03 bits per heavy atom. The number of carbonyl (C=O) groups is 2. The van der Waals surface area contributed by atoms with Crippen LogP contribution in [0.3, 0.4) is 0 Å². The molecule has 30 heavy (non-hydrogen) atoms. The Morgan fingerprint density at radius 2 is 1.80 bits per heavy atom. The van der Waals surface area contributed by atoms with Crippen LogP contribution in [0, 0.1) is 0 Å². The van der Waals surface area contributed by atoms with Crippen molar-refractivity contribution in [1.29, 1.82) is 0 Å². The third kappa shape index (κ3) is 4.05. The van der Waals surface area contributed by atoms with E-state index < -0.39 is 6.03 Å². The van der Waals surface area contributed by atoms with Crippen molar-refractivity contribution in [3.05, 3.63) is 36.4 Å². The van der Waals surface area contributed by atoms with E-state index in [1.165, 1.54) is 0 Å². The number of methoxy groups -OCH3 is 2. The van der Waals surface area contributed by atoms with Crippen LogP contribution in [-0.2, 0) is 4.79 Å². The molecule has 4 rings (SSSR count). The normalized spacial score (nSPS) is 17.5. The highest BCUT2D eigenvalue weighted by Crippen LogP contribution is 2.34. The van der Waals surface area contributed by atoms with Gasteiger partial charge in [0.15, 0.2) is 23.0 Å². The van der Waals surface area contributed by atoms with Gasteiger partial charge in [0.2, 0.25) is 5.91 Å². The fraction of sp³-hybridized carbons (Fsp3) is 0.333. The van der Waals surface area contributed by atoms with E-state index >= 15 is 0 Å². The van der Waals surface area contributed by atoms with E-state index in [4.69, 9.17) is 18.9 Å². The molecule has 0 saturated carbocycles. The number of carbonyl (C=O) groups excluding carboxylic acids is 2. The van der Waals surface area contributed by atoms with E-state index in [0.29, 0.717) is 54.1 Å². The van der Waals surface area contributed by atoms with Crippen molar-refractivity contribution in [3.8, 4) is 23.0 Å². The SMILES string of the molecule is COc1ccc(N2C[C@@H](NC(=O)Nc3ccc4c(c3)OCCO4)CC2=O)cc1OC. The van der Waals surface area contributed by atoms with Crippen molar-refractivity contribution < 1.29 is 28.5 Å². The largest absolute Gasteiger partial charge is 0.493 e. The Bertz CT molecular complexity index is 964. The molecule has 0 unspecified atom stereocenters. The van der Waals surface area contributed by atoms with Crippen molar-refractivity contribution in [3.63, 3.8) is 0 Å². The molecule has 0 radical (unpaired) electrons. The van der Waals surface area contributed by atoms with Crippen LogP contribution in [0.15, 0.2) is 36.4 Å². The summed E-state index contributed by atoms with van der Waals surface area (Å²) < 4.78 is 21.5. The molecule has 9 heteroatoms. The number of urea groups is 1. The second-order valence-electron chi connectivity index (χ2n) is 6.90. The number of fused-ring (bicyclic) bond motifs is 1. The molecule has 2 aliphatic rings. The number of nitrogens with zero attached hydrogens (tertiary/aromatic N) is 1. The van der Waals surface area contributed by atoms with Gasteiger partial charge in [0.1, 0.15) is 13.2 Å². The second-order valence-corrected chi connectivity index (χ2v) is 6.90. The molecule has 1 fully saturated rings. The van der Waals surface area contributed by atoms with Gasteiger partial charge in [0.25, 0.3) is 0 Å². The number of hydrogen-bond acceptors (Lipinski definition) is 6. The molecular weight excluding hydrogens is 390 g/mol. The topological polar surface area (TPSA) is 98.4 Å².